The predicted octanol–water partition coefficient (Wildman–Crippen LogP) is 2.20. The van der Waals surface area contributed by atoms with E-state index >= 15 is 0 Å². The molecular formula is C48H66F3N11O9. The standard InChI is InChI=1S/C48H66F3N11O9/c1-30(2)60(3)33-8-10-39(62-18-11-37(47(62)68)59-45-34-24-32(48(49,50)51)7-9-36(34)56-29-57-45)38(25-33)58-41(64)13-20-70-21-15-54-42(65)28-71-23-16-53-40(63)12-19-69-22-17-55-46(67)35-26-43(66)61(4)44(35)31-6-5-14-52-27-31/h5-7,9,14,24,27,29-30,33,35,37-39,44H,8,10-13,15-23,25-26,28H2,1-4H3,(H,53,63)(H,54,65)(H,55,67)(H,58,64)(H,56,57,59)/t33-,35+,37+,38-,39+,44-/m1/s1. The summed E-state index contributed by atoms with van der Waals surface area (Å²) >= 11 is 0. The number of amides is 6. The Morgan fingerprint density at radius 3 is 2.28 bits per heavy atom. The van der Waals surface area contributed by atoms with Gasteiger partial charge in [-0.1, -0.05) is 6.07 Å². The minimum Gasteiger partial charge on any atom is -0.379 e. The van der Waals surface area contributed by atoms with Gasteiger partial charge in [0.25, 0.3) is 0 Å². The predicted molar refractivity (Wildman–Crippen MR) is 253 cm³/mol. The number of aromatic nitrogens is 3. The summed E-state index contributed by atoms with van der Waals surface area (Å²) in [6.45, 7) is 5.62. The van der Waals surface area contributed by atoms with Gasteiger partial charge in [-0.15, -0.1) is 0 Å². The Labute approximate surface area is 410 Å². The maximum absolute atomic E-state index is 13.9. The highest BCUT2D eigenvalue weighted by atomic mass is 19.4. The van der Waals surface area contributed by atoms with Crippen molar-refractivity contribution in [2.75, 3.05) is 85.2 Å². The van der Waals surface area contributed by atoms with Gasteiger partial charge in [0.15, 0.2) is 0 Å². The number of anilines is 1. The van der Waals surface area contributed by atoms with Gasteiger partial charge in [0.1, 0.15) is 24.8 Å². The summed E-state index contributed by atoms with van der Waals surface area (Å²) in [5.74, 6) is -1.89. The molecular weight excluding hydrogens is 932 g/mol. The number of hydrogen-bond donors (Lipinski definition) is 5. The van der Waals surface area contributed by atoms with Crippen molar-refractivity contribution >= 4 is 52.2 Å². The average molecular weight is 998 g/mol. The minimum atomic E-state index is -4.56. The van der Waals surface area contributed by atoms with E-state index in [0.29, 0.717) is 31.3 Å². The summed E-state index contributed by atoms with van der Waals surface area (Å²) < 4.78 is 57.1. The van der Waals surface area contributed by atoms with Crippen LogP contribution in [0.2, 0.25) is 0 Å². The molecule has 6 atom stereocenters. The number of nitrogens with one attached hydrogen (secondary N) is 5. The summed E-state index contributed by atoms with van der Waals surface area (Å²) in [5, 5.41) is 14.6. The molecule has 4 heterocycles. The summed E-state index contributed by atoms with van der Waals surface area (Å²) in [5.41, 5.74) is 0.259. The summed E-state index contributed by atoms with van der Waals surface area (Å²) in [7, 11) is 3.72. The molecule has 3 aromatic rings. The number of hydrogen-bond acceptors (Lipinski definition) is 14. The second-order valence-electron chi connectivity index (χ2n) is 18.3. The SMILES string of the molecule is CC(C)N(C)[C@@H]1CC[C@H](N2CC[C@H](Nc3ncnc4ccc(C(F)(F)F)cc34)C2=O)[C@H](NC(=O)CCOCCNC(=O)COCCNC(=O)CCOCCNC(=O)[C@H]2CC(=O)N(C)[C@@H]2c2cccnc2)C1. The summed E-state index contributed by atoms with van der Waals surface area (Å²) in [4.78, 5) is 94.9. The molecule has 0 spiro atoms. The first kappa shape index (κ1) is 54.3. The molecule has 388 valence electrons. The second-order valence-corrected chi connectivity index (χ2v) is 18.3. The molecule has 23 heteroatoms. The van der Waals surface area contributed by atoms with E-state index in [9.17, 15) is 41.9 Å². The van der Waals surface area contributed by atoms with Gasteiger partial charge in [-0.25, -0.2) is 9.97 Å². The van der Waals surface area contributed by atoms with Crippen molar-refractivity contribution in [1.29, 1.82) is 0 Å². The van der Waals surface area contributed by atoms with Crippen LogP contribution in [-0.2, 0) is 49.2 Å². The number of likely N-dealkylation sites (tertiary alicyclic amines) is 2. The molecule has 6 rings (SSSR count). The smallest absolute Gasteiger partial charge is 0.379 e. The number of alkyl halides is 3. The van der Waals surface area contributed by atoms with Gasteiger partial charge in [0.2, 0.25) is 35.4 Å². The third-order valence-electron chi connectivity index (χ3n) is 13.2. The van der Waals surface area contributed by atoms with E-state index < -0.39 is 29.7 Å². The summed E-state index contributed by atoms with van der Waals surface area (Å²) in [6, 6.07) is 5.48. The number of carbonyl (C=O) groups is 6. The number of rotatable bonds is 25. The molecule has 5 N–H and O–H groups in total. The van der Waals surface area contributed by atoms with Crippen LogP contribution in [0.3, 0.4) is 0 Å². The summed E-state index contributed by atoms with van der Waals surface area (Å²) in [6.07, 6.45) is 2.68. The lowest BCUT2D eigenvalue weighted by Gasteiger charge is -2.44. The van der Waals surface area contributed by atoms with E-state index in [-0.39, 0.29) is 149 Å². The fraction of sp³-hybridized carbons (Fsp3) is 0.604. The Morgan fingerprint density at radius 2 is 1.58 bits per heavy atom. The van der Waals surface area contributed by atoms with Crippen LogP contribution in [0.15, 0.2) is 49.1 Å². The maximum atomic E-state index is 13.9. The van der Waals surface area contributed by atoms with Gasteiger partial charge in [-0.05, 0) is 76.4 Å². The average Bonchev–Trinajstić information content (AvgIpc) is 3.86. The fourth-order valence-corrected chi connectivity index (χ4v) is 9.26. The van der Waals surface area contributed by atoms with E-state index in [1.807, 2.05) is 13.1 Å². The Balaban J connectivity index is 0.821. The van der Waals surface area contributed by atoms with E-state index in [1.54, 1.807) is 35.3 Å². The van der Waals surface area contributed by atoms with Crippen LogP contribution in [0.4, 0.5) is 19.0 Å². The first-order valence-electron chi connectivity index (χ1n) is 24.1. The third-order valence-corrected chi connectivity index (χ3v) is 13.2. The zero-order chi connectivity index (χ0) is 51.1. The number of nitrogens with zero attached hydrogens (tertiary/aromatic N) is 6. The van der Waals surface area contributed by atoms with Gasteiger partial charge in [0.05, 0.1) is 68.2 Å². The fourth-order valence-electron chi connectivity index (χ4n) is 9.26. The van der Waals surface area contributed by atoms with Crippen LogP contribution in [0.5, 0.6) is 0 Å². The van der Waals surface area contributed by atoms with Crippen LogP contribution < -0.4 is 26.6 Å². The van der Waals surface area contributed by atoms with Gasteiger partial charge in [-0.3, -0.25) is 33.8 Å². The van der Waals surface area contributed by atoms with Crippen molar-refractivity contribution in [3.8, 4) is 0 Å². The van der Waals surface area contributed by atoms with Crippen LogP contribution in [-0.4, -0.2) is 175 Å². The monoisotopic (exact) mass is 997 g/mol. The lowest BCUT2D eigenvalue weighted by atomic mass is 9.84. The lowest BCUT2D eigenvalue weighted by molar-refractivity contribution is -0.137. The van der Waals surface area contributed by atoms with Crippen molar-refractivity contribution in [2.45, 2.75) is 101 Å². The first-order chi connectivity index (χ1) is 34.0. The van der Waals surface area contributed by atoms with E-state index in [1.165, 1.54) is 12.4 Å². The molecule has 1 aromatic carbocycles. The first-order valence-corrected chi connectivity index (χ1v) is 24.1. The Morgan fingerprint density at radius 1 is 0.873 bits per heavy atom. The number of halogens is 3. The van der Waals surface area contributed by atoms with Crippen molar-refractivity contribution < 1.29 is 56.1 Å². The van der Waals surface area contributed by atoms with Crippen molar-refractivity contribution in [3.63, 3.8) is 0 Å². The molecule has 0 unspecified atom stereocenters. The molecule has 2 saturated heterocycles. The van der Waals surface area contributed by atoms with Gasteiger partial charge in [-0.2, -0.15) is 13.2 Å². The number of pyridine rings is 1. The number of ether oxygens (including phenoxy) is 3. The third kappa shape index (κ3) is 15.2. The van der Waals surface area contributed by atoms with Crippen molar-refractivity contribution in [3.05, 3.63) is 60.2 Å². The molecule has 1 saturated carbocycles. The normalized spacial score (nSPS) is 21.5. The zero-order valence-electron chi connectivity index (χ0n) is 40.7. The van der Waals surface area contributed by atoms with Crippen LogP contribution in [0.25, 0.3) is 10.9 Å². The maximum Gasteiger partial charge on any atom is 0.416 e. The number of fused-ring (bicyclic) bond motifs is 1. The molecule has 20 nitrogen and oxygen atoms in total. The quantitative estimate of drug-likeness (QED) is 0.0766. The molecule has 71 heavy (non-hydrogen) atoms. The number of carbonyl (C=O) groups excluding carboxylic acids is 6. The minimum absolute atomic E-state index is 0.0524. The van der Waals surface area contributed by atoms with Crippen molar-refractivity contribution in [1.82, 2.24) is 50.9 Å². The largest absolute Gasteiger partial charge is 0.416 e. The Kier molecular flexibility index (Phi) is 19.8. The zero-order valence-corrected chi connectivity index (χ0v) is 40.7. The van der Waals surface area contributed by atoms with Crippen LogP contribution in [0.1, 0.15) is 76.0 Å². The number of benzene rings is 1. The molecule has 2 aliphatic heterocycles. The van der Waals surface area contributed by atoms with Crippen LogP contribution >= 0.6 is 0 Å². The highest BCUT2D eigenvalue weighted by molar-refractivity contribution is 5.93. The molecule has 0 radical (unpaired) electrons. The Hall–Kier alpha value is -6.04. The topological polar surface area (TPSA) is 239 Å². The molecule has 2 aromatic heterocycles. The molecule has 3 fully saturated rings. The van der Waals surface area contributed by atoms with E-state index in [0.717, 1.165) is 24.1 Å². The van der Waals surface area contributed by atoms with Gasteiger partial charge < -0.3 is 55.5 Å². The molecule has 6 amide bonds. The molecule has 1 aliphatic carbocycles. The lowest BCUT2D eigenvalue weighted by Crippen LogP contribution is -2.58. The Bertz CT molecular complexity index is 2300. The van der Waals surface area contributed by atoms with Crippen molar-refractivity contribution in [2.24, 2.45) is 5.92 Å². The van der Waals surface area contributed by atoms with E-state index in [2.05, 4.69) is 60.3 Å². The van der Waals surface area contributed by atoms with Crippen LogP contribution in [0, 0.1) is 5.92 Å². The highest BCUT2D eigenvalue weighted by Gasteiger charge is 2.44. The van der Waals surface area contributed by atoms with Gasteiger partial charge >= 0.3 is 6.18 Å². The second kappa shape index (κ2) is 25.9. The molecule has 0 bridgehead atoms. The molecule has 3 aliphatic rings. The van der Waals surface area contributed by atoms with Gasteiger partial charge in [0, 0.05) is 82.4 Å². The highest BCUT2D eigenvalue weighted by Crippen LogP contribution is 2.37. The van der Waals surface area contributed by atoms with E-state index in [4.69, 9.17) is 14.2 Å².